The molecular weight excluding hydrogens is 312 g/mol. The Morgan fingerprint density at radius 3 is 2.83 bits per heavy atom. The van der Waals surface area contributed by atoms with Crippen molar-refractivity contribution in [3.05, 3.63) is 42.1 Å². The van der Waals surface area contributed by atoms with E-state index in [9.17, 15) is 4.79 Å². The Hall–Kier alpha value is -1.85. The van der Waals surface area contributed by atoms with Gasteiger partial charge in [0, 0.05) is 24.7 Å². The lowest BCUT2D eigenvalue weighted by atomic mass is 9.91. The molecule has 5 nitrogen and oxygen atoms in total. The van der Waals surface area contributed by atoms with Crippen LogP contribution >= 0.6 is 12.4 Å². The zero-order valence-corrected chi connectivity index (χ0v) is 14.1. The number of carbonyl (C=O) groups excluding carboxylic acids is 1. The van der Waals surface area contributed by atoms with Crippen LogP contribution in [0.2, 0.25) is 0 Å². The highest BCUT2D eigenvalue weighted by Gasteiger charge is 2.28. The minimum Gasteiger partial charge on any atom is -0.338 e. The predicted octanol–water partition coefficient (Wildman–Crippen LogP) is 2.70. The van der Waals surface area contributed by atoms with Crippen molar-refractivity contribution < 1.29 is 4.79 Å². The first-order valence-corrected chi connectivity index (χ1v) is 7.80. The third kappa shape index (κ3) is 3.74. The minimum absolute atomic E-state index is 0. The van der Waals surface area contributed by atoms with Gasteiger partial charge in [0.15, 0.2) is 0 Å². The number of aromatic amines is 1. The van der Waals surface area contributed by atoms with Gasteiger partial charge in [0.25, 0.3) is 5.91 Å². The van der Waals surface area contributed by atoms with E-state index in [4.69, 9.17) is 5.73 Å². The number of aromatic nitrogens is 2. The highest BCUT2D eigenvalue weighted by atomic mass is 35.5. The Kier molecular flexibility index (Phi) is 5.80. The standard InChI is InChI=1S/C17H22N4O.ClH/c1-12(18)14-8-5-9-21(11-14)17(22)15-10-19-20-16(15)13-6-3-2-4-7-13;/h2-4,6-7,10,12,14H,5,8-9,11,18H2,1H3,(H,19,20);1H. The van der Waals surface area contributed by atoms with E-state index >= 15 is 0 Å². The Balaban J connectivity index is 0.00000192. The molecule has 1 saturated heterocycles. The summed E-state index contributed by atoms with van der Waals surface area (Å²) in [6, 6.07) is 9.94. The summed E-state index contributed by atoms with van der Waals surface area (Å²) in [6.07, 6.45) is 3.73. The summed E-state index contributed by atoms with van der Waals surface area (Å²) >= 11 is 0. The Morgan fingerprint density at radius 2 is 2.13 bits per heavy atom. The number of likely N-dealkylation sites (tertiary alicyclic amines) is 1. The van der Waals surface area contributed by atoms with Crippen LogP contribution in [0.1, 0.15) is 30.1 Å². The van der Waals surface area contributed by atoms with Gasteiger partial charge in [-0.25, -0.2) is 0 Å². The first kappa shape index (κ1) is 17.5. The van der Waals surface area contributed by atoms with Crippen molar-refractivity contribution in [2.45, 2.75) is 25.8 Å². The molecule has 2 unspecified atom stereocenters. The van der Waals surface area contributed by atoms with E-state index in [0.717, 1.165) is 37.2 Å². The SMILES string of the molecule is CC(N)C1CCCN(C(=O)c2cn[nH]c2-c2ccccc2)C1.Cl. The molecule has 1 aromatic heterocycles. The van der Waals surface area contributed by atoms with E-state index in [2.05, 4.69) is 10.2 Å². The molecule has 2 heterocycles. The lowest BCUT2D eigenvalue weighted by molar-refractivity contribution is 0.0662. The number of hydrogen-bond acceptors (Lipinski definition) is 3. The molecule has 0 aliphatic carbocycles. The minimum atomic E-state index is 0. The second kappa shape index (κ2) is 7.62. The summed E-state index contributed by atoms with van der Waals surface area (Å²) in [4.78, 5) is 14.8. The monoisotopic (exact) mass is 334 g/mol. The van der Waals surface area contributed by atoms with Crippen LogP contribution in [0.4, 0.5) is 0 Å². The molecule has 2 aromatic rings. The summed E-state index contributed by atoms with van der Waals surface area (Å²) in [5.74, 6) is 0.419. The van der Waals surface area contributed by atoms with Gasteiger partial charge < -0.3 is 10.6 Å². The van der Waals surface area contributed by atoms with Gasteiger partial charge in [0.05, 0.1) is 17.5 Å². The maximum atomic E-state index is 12.8. The molecule has 1 aromatic carbocycles. The topological polar surface area (TPSA) is 75.0 Å². The second-order valence-corrected chi connectivity index (χ2v) is 6.04. The van der Waals surface area contributed by atoms with Gasteiger partial charge in [-0.1, -0.05) is 30.3 Å². The van der Waals surface area contributed by atoms with Crippen molar-refractivity contribution in [2.24, 2.45) is 11.7 Å². The smallest absolute Gasteiger partial charge is 0.257 e. The molecule has 0 bridgehead atoms. The first-order chi connectivity index (χ1) is 10.7. The van der Waals surface area contributed by atoms with Gasteiger partial charge in [-0.05, 0) is 25.7 Å². The van der Waals surface area contributed by atoms with Crippen LogP contribution in [0, 0.1) is 5.92 Å². The number of hydrogen-bond donors (Lipinski definition) is 2. The van der Waals surface area contributed by atoms with Crippen LogP contribution < -0.4 is 5.73 Å². The van der Waals surface area contributed by atoms with E-state index in [0.29, 0.717) is 11.5 Å². The normalized spacial score (nSPS) is 19.0. The maximum Gasteiger partial charge on any atom is 0.257 e. The molecule has 0 radical (unpaired) electrons. The third-order valence-electron chi connectivity index (χ3n) is 4.42. The van der Waals surface area contributed by atoms with Gasteiger partial charge in [-0.15, -0.1) is 12.4 Å². The van der Waals surface area contributed by atoms with Gasteiger partial charge in [0.1, 0.15) is 0 Å². The van der Waals surface area contributed by atoms with Crippen LogP contribution in [-0.4, -0.2) is 40.1 Å². The van der Waals surface area contributed by atoms with E-state index in [1.165, 1.54) is 0 Å². The van der Waals surface area contributed by atoms with Gasteiger partial charge in [0.2, 0.25) is 0 Å². The molecule has 3 N–H and O–H groups in total. The van der Waals surface area contributed by atoms with E-state index in [1.807, 2.05) is 42.2 Å². The zero-order valence-electron chi connectivity index (χ0n) is 13.2. The number of nitrogens with two attached hydrogens (primary N) is 1. The van der Waals surface area contributed by atoms with Crippen LogP contribution in [0.3, 0.4) is 0 Å². The summed E-state index contributed by atoms with van der Waals surface area (Å²) in [5.41, 5.74) is 8.41. The zero-order chi connectivity index (χ0) is 15.5. The largest absolute Gasteiger partial charge is 0.338 e. The third-order valence-corrected chi connectivity index (χ3v) is 4.42. The van der Waals surface area contributed by atoms with E-state index in [1.54, 1.807) is 6.20 Å². The Bertz CT molecular complexity index is 641. The van der Waals surface area contributed by atoms with E-state index < -0.39 is 0 Å². The Labute approximate surface area is 142 Å². The summed E-state index contributed by atoms with van der Waals surface area (Å²) in [7, 11) is 0. The fourth-order valence-corrected chi connectivity index (χ4v) is 3.07. The number of rotatable bonds is 3. The molecule has 124 valence electrons. The van der Waals surface area contributed by atoms with E-state index in [-0.39, 0.29) is 24.4 Å². The quantitative estimate of drug-likeness (QED) is 0.906. The van der Waals surface area contributed by atoms with Crippen molar-refractivity contribution in [3.63, 3.8) is 0 Å². The first-order valence-electron chi connectivity index (χ1n) is 7.80. The molecule has 1 fully saturated rings. The average Bonchev–Trinajstić information content (AvgIpc) is 3.04. The highest BCUT2D eigenvalue weighted by molar-refractivity contribution is 5.99. The molecular formula is C17H23ClN4O. The van der Waals surface area contributed by atoms with Crippen LogP contribution in [0.5, 0.6) is 0 Å². The molecule has 1 amide bonds. The number of benzene rings is 1. The molecule has 6 heteroatoms. The van der Waals surface area contributed by atoms with Crippen LogP contribution in [0.25, 0.3) is 11.3 Å². The second-order valence-electron chi connectivity index (χ2n) is 6.04. The molecule has 1 aliphatic rings. The van der Waals surface area contributed by atoms with Crippen LogP contribution in [-0.2, 0) is 0 Å². The highest BCUT2D eigenvalue weighted by Crippen LogP contribution is 2.25. The van der Waals surface area contributed by atoms with Gasteiger partial charge in [-0.3, -0.25) is 9.89 Å². The van der Waals surface area contributed by atoms with Crippen molar-refractivity contribution in [3.8, 4) is 11.3 Å². The van der Waals surface area contributed by atoms with Crippen molar-refractivity contribution in [2.75, 3.05) is 13.1 Å². The maximum absolute atomic E-state index is 12.8. The van der Waals surface area contributed by atoms with Crippen molar-refractivity contribution >= 4 is 18.3 Å². The van der Waals surface area contributed by atoms with Crippen molar-refractivity contribution in [1.29, 1.82) is 0 Å². The molecule has 2 atom stereocenters. The number of H-pyrrole nitrogens is 1. The Morgan fingerprint density at radius 1 is 1.39 bits per heavy atom. The number of nitrogens with zero attached hydrogens (tertiary/aromatic N) is 2. The molecule has 23 heavy (non-hydrogen) atoms. The summed E-state index contributed by atoms with van der Waals surface area (Å²) in [6.45, 7) is 3.54. The molecule has 1 aliphatic heterocycles. The van der Waals surface area contributed by atoms with Gasteiger partial charge in [-0.2, -0.15) is 5.10 Å². The lowest BCUT2D eigenvalue weighted by Crippen LogP contribution is -2.45. The summed E-state index contributed by atoms with van der Waals surface area (Å²) in [5, 5.41) is 7.03. The number of piperidine rings is 1. The number of halogens is 1. The number of nitrogens with one attached hydrogen (secondary N) is 1. The number of amides is 1. The molecule has 0 spiro atoms. The summed E-state index contributed by atoms with van der Waals surface area (Å²) < 4.78 is 0. The fourth-order valence-electron chi connectivity index (χ4n) is 3.07. The fraction of sp³-hybridized carbons (Fsp3) is 0.412. The predicted molar refractivity (Wildman–Crippen MR) is 93.5 cm³/mol. The molecule has 3 rings (SSSR count). The molecule has 0 saturated carbocycles. The lowest BCUT2D eigenvalue weighted by Gasteiger charge is -2.34. The van der Waals surface area contributed by atoms with Gasteiger partial charge >= 0.3 is 0 Å². The van der Waals surface area contributed by atoms with Crippen molar-refractivity contribution in [1.82, 2.24) is 15.1 Å². The average molecular weight is 335 g/mol. The van der Waals surface area contributed by atoms with Crippen LogP contribution in [0.15, 0.2) is 36.5 Å². The number of carbonyl (C=O) groups is 1.